The van der Waals surface area contributed by atoms with Crippen molar-refractivity contribution in [1.82, 2.24) is 10.6 Å². The highest BCUT2D eigenvalue weighted by Crippen LogP contribution is 2.36. The molecule has 0 amide bonds. The Morgan fingerprint density at radius 1 is 1.24 bits per heavy atom. The highest BCUT2D eigenvalue weighted by Gasteiger charge is 2.33. The number of rotatable bonds is 5. The van der Waals surface area contributed by atoms with Crippen molar-refractivity contribution in [3.8, 4) is 0 Å². The number of nitrogens with zero attached hydrogens (tertiary/aromatic N) is 1. The maximum absolute atomic E-state index is 9.71. The predicted molar refractivity (Wildman–Crippen MR) is 89.0 cm³/mol. The molecule has 3 N–H and O–H groups in total. The summed E-state index contributed by atoms with van der Waals surface area (Å²) in [6.45, 7) is 5.68. The van der Waals surface area contributed by atoms with Gasteiger partial charge in [-0.05, 0) is 38.4 Å². The maximum Gasteiger partial charge on any atom is 0.191 e. The number of aliphatic imine (C=N–C) groups is 1. The zero-order chi connectivity index (χ0) is 15.2. The number of nitrogens with one attached hydrogen (secondary N) is 2. The van der Waals surface area contributed by atoms with E-state index in [4.69, 9.17) is 4.74 Å². The highest BCUT2D eigenvalue weighted by molar-refractivity contribution is 8.00. The third-order valence-electron chi connectivity index (χ3n) is 4.67. The topological polar surface area (TPSA) is 65.9 Å². The standard InChI is InChI=1S/C15H29N3O2S/c1-14(4-3-9-21-14)10-17-13(16-2)18-11-15(12-19)5-7-20-8-6-15/h19H,3-12H2,1-2H3,(H2,16,17,18). The van der Waals surface area contributed by atoms with Crippen molar-refractivity contribution >= 4 is 17.7 Å². The first kappa shape index (κ1) is 16.9. The average Bonchev–Trinajstić information content (AvgIpc) is 2.95. The van der Waals surface area contributed by atoms with E-state index in [-0.39, 0.29) is 12.0 Å². The number of guanidine groups is 1. The molecule has 2 heterocycles. The SMILES string of the molecule is CN=C(NCC1(CO)CCOCC1)NCC1(C)CCCS1. The van der Waals surface area contributed by atoms with Crippen molar-refractivity contribution in [3.05, 3.63) is 0 Å². The Bertz CT molecular complexity index is 351. The van der Waals surface area contributed by atoms with Gasteiger partial charge in [-0.15, -0.1) is 0 Å². The van der Waals surface area contributed by atoms with E-state index < -0.39 is 0 Å². The van der Waals surface area contributed by atoms with Crippen molar-refractivity contribution in [2.75, 3.05) is 45.7 Å². The van der Waals surface area contributed by atoms with Gasteiger partial charge in [-0.3, -0.25) is 4.99 Å². The Morgan fingerprint density at radius 2 is 1.95 bits per heavy atom. The van der Waals surface area contributed by atoms with Gasteiger partial charge in [0.05, 0.1) is 6.61 Å². The van der Waals surface area contributed by atoms with Crippen LogP contribution in [0.2, 0.25) is 0 Å². The fraction of sp³-hybridized carbons (Fsp3) is 0.933. The number of hydrogen-bond acceptors (Lipinski definition) is 4. The van der Waals surface area contributed by atoms with E-state index in [9.17, 15) is 5.11 Å². The molecule has 2 fully saturated rings. The van der Waals surface area contributed by atoms with Crippen LogP contribution >= 0.6 is 11.8 Å². The minimum absolute atomic E-state index is 0.0676. The third kappa shape index (κ3) is 4.76. The van der Waals surface area contributed by atoms with Crippen LogP contribution < -0.4 is 10.6 Å². The predicted octanol–water partition coefficient (Wildman–Crippen LogP) is 1.23. The second-order valence-electron chi connectivity index (χ2n) is 6.45. The van der Waals surface area contributed by atoms with Crippen molar-refractivity contribution in [2.24, 2.45) is 10.4 Å². The summed E-state index contributed by atoms with van der Waals surface area (Å²) in [6.07, 6.45) is 4.38. The largest absolute Gasteiger partial charge is 0.396 e. The smallest absolute Gasteiger partial charge is 0.191 e. The average molecular weight is 315 g/mol. The first-order chi connectivity index (χ1) is 10.1. The highest BCUT2D eigenvalue weighted by atomic mass is 32.2. The lowest BCUT2D eigenvalue weighted by Crippen LogP contribution is -2.49. The van der Waals surface area contributed by atoms with Gasteiger partial charge >= 0.3 is 0 Å². The third-order valence-corrected chi connectivity index (χ3v) is 6.21. The number of aliphatic hydroxyl groups is 1. The molecular formula is C15H29N3O2S. The van der Waals surface area contributed by atoms with Crippen LogP contribution in [0, 0.1) is 5.41 Å². The van der Waals surface area contributed by atoms with Gasteiger partial charge in [-0.1, -0.05) is 0 Å². The lowest BCUT2D eigenvalue weighted by Gasteiger charge is -2.36. The molecule has 0 radical (unpaired) electrons. The van der Waals surface area contributed by atoms with Crippen molar-refractivity contribution in [3.63, 3.8) is 0 Å². The Morgan fingerprint density at radius 3 is 2.52 bits per heavy atom. The van der Waals surface area contributed by atoms with E-state index >= 15 is 0 Å². The van der Waals surface area contributed by atoms with E-state index in [2.05, 4.69) is 22.5 Å². The molecule has 5 nitrogen and oxygen atoms in total. The van der Waals surface area contributed by atoms with Gasteiger partial charge in [0.15, 0.2) is 5.96 Å². The van der Waals surface area contributed by atoms with Gasteiger partial charge in [-0.2, -0.15) is 11.8 Å². The quantitative estimate of drug-likeness (QED) is 0.526. The summed E-state index contributed by atoms with van der Waals surface area (Å²) in [5.74, 6) is 2.10. The van der Waals surface area contributed by atoms with Crippen LogP contribution in [-0.4, -0.2) is 61.5 Å². The fourth-order valence-electron chi connectivity index (χ4n) is 2.93. The molecule has 2 aliphatic rings. The molecule has 0 bridgehead atoms. The van der Waals surface area contributed by atoms with E-state index in [1.54, 1.807) is 7.05 Å². The molecule has 0 aromatic carbocycles. The molecule has 0 aromatic rings. The lowest BCUT2D eigenvalue weighted by molar-refractivity contribution is -0.0131. The molecule has 0 saturated carbocycles. The van der Waals surface area contributed by atoms with Gasteiger partial charge in [0.1, 0.15) is 0 Å². The van der Waals surface area contributed by atoms with Gasteiger partial charge in [0.25, 0.3) is 0 Å². The van der Waals surface area contributed by atoms with Crippen LogP contribution in [0.5, 0.6) is 0 Å². The van der Waals surface area contributed by atoms with Crippen molar-refractivity contribution in [1.29, 1.82) is 0 Å². The van der Waals surface area contributed by atoms with Crippen LogP contribution in [0.25, 0.3) is 0 Å². The fourth-order valence-corrected chi connectivity index (χ4v) is 4.18. The number of aliphatic hydroxyl groups excluding tert-OH is 1. The molecule has 2 saturated heterocycles. The normalized spacial score (nSPS) is 29.4. The Hall–Kier alpha value is -0.460. The van der Waals surface area contributed by atoms with Gasteiger partial charge in [0.2, 0.25) is 0 Å². The Labute approximate surface area is 132 Å². The molecule has 1 unspecified atom stereocenters. The van der Waals surface area contributed by atoms with Crippen molar-refractivity contribution in [2.45, 2.75) is 37.4 Å². The minimum atomic E-state index is -0.0676. The maximum atomic E-state index is 9.71. The minimum Gasteiger partial charge on any atom is -0.396 e. The van der Waals surface area contributed by atoms with E-state index in [0.717, 1.165) is 45.1 Å². The lowest BCUT2D eigenvalue weighted by atomic mass is 9.81. The Kier molecular flexibility index (Phi) is 6.20. The summed E-state index contributed by atoms with van der Waals surface area (Å²) in [7, 11) is 1.80. The number of thioether (sulfide) groups is 1. The zero-order valence-corrected chi connectivity index (χ0v) is 14.1. The molecule has 0 aromatic heterocycles. The van der Waals surface area contributed by atoms with E-state index in [0.29, 0.717) is 4.75 Å². The summed E-state index contributed by atoms with van der Waals surface area (Å²) < 4.78 is 5.72. The molecule has 2 aliphatic heterocycles. The summed E-state index contributed by atoms with van der Waals surface area (Å²) in [6, 6.07) is 0. The zero-order valence-electron chi connectivity index (χ0n) is 13.3. The molecule has 0 spiro atoms. The second kappa shape index (κ2) is 7.70. The molecule has 21 heavy (non-hydrogen) atoms. The monoisotopic (exact) mass is 315 g/mol. The molecular weight excluding hydrogens is 286 g/mol. The van der Waals surface area contributed by atoms with Crippen molar-refractivity contribution < 1.29 is 9.84 Å². The first-order valence-electron chi connectivity index (χ1n) is 7.89. The van der Waals surface area contributed by atoms with Crippen LogP contribution in [0.15, 0.2) is 4.99 Å². The molecule has 1 atom stereocenters. The first-order valence-corrected chi connectivity index (χ1v) is 8.87. The van der Waals surface area contributed by atoms with Crippen LogP contribution in [0.1, 0.15) is 32.6 Å². The van der Waals surface area contributed by atoms with Gasteiger partial charge < -0.3 is 20.5 Å². The van der Waals surface area contributed by atoms with E-state index in [1.165, 1.54) is 18.6 Å². The Balaban J connectivity index is 1.79. The number of ether oxygens (including phenoxy) is 1. The molecule has 122 valence electrons. The van der Waals surface area contributed by atoms with E-state index in [1.807, 2.05) is 11.8 Å². The number of hydrogen-bond donors (Lipinski definition) is 3. The summed E-state index contributed by atoms with van der Waals surface area (Å²) in [5, 5.41) is 16.5. The van der Waals surface area contributed by atoms with Crippen LogP contribution in [0.4, 0.5) is 0 Å². The van der Waals surface area contributed by atoms with Gasteiger partial charge in [-0.25, -0.2) is 0 Å². The summed E-state index contributed by atoms with van der Waals surface area (Å²) >= 11 is 2.05. The molecule has 2 rings (SSSR count). The van der Waals surface area contributed by atoms with Crippen LogP contribution in [0.3, 0.4) is 0 Å². The second-order valence-corrected chi connectivity index (χ2v) is 8.13. The van der Waals surface area contributed by atoms with Crippen LogP contribution in [-0.2, 0) is 4.74 Å². The molecule has 0 aliphatic carbocycles. The summed E-state index contributed by atoms with van der Waals surface area (Å²) in [4.78, 5) is 4.30. The molecule has 6 heteroatoms. The summed E-state index contributed by atoms with van der Waals surface area (Å²) in [5.41, 5.74) is -0.0676. The van der Waals surface area contributed by atoms with Gasteiger partial charge in [0, 0.05) is 43.5 Å².